The standard InChI is InChI=1S/C17H36N2O2/c1-8-10-12-19(15(5)9-2)13-11-17(6,16(20)21-7)18-14(3)4/h14-15,18H,8-13H2,1-7H3. The second kappa shape index (κ2) is 10.2. The van der Waals surface area contributed by atoms with E-state index in [-0.39, 0.29) is 12.0 Å². The number of methoxy groups -OCH3 is 1. The number of esters is 1. The van der Waals surface area contributed by atoms with Crippen LogP contribution in [0, 0.1) is 0 Å². The normalized spacial score (nSPS) is 16.0. The molecule has 0 fully saturated rings. The van der Waals surface area contributed by atoms with E-state index in [1.165, 1.54) is 20.0 Å². The Hall–Kier alpha value is -0.610. The molecule has 0 aliphatic rings. The van der Waals surface area contributed by atoms with Crippen molar-refractivity contribution in [3.8, 4) is 0 Å². The zero-order valence-corrected chi connectivity index (χ0v) is 15.2. The average Bonchev–Trinajstić information content (AvgIpc) is 2.44. The first-order valence-corrected chi connectivity index (χ1v) is 8.40. The summed E-state index contributed by atoms with van der Waals surface area (Å²) < 4.78 is 5.00. The van der Waals surface area contributed by atoms with Crippen LogP contribution in [-0.4, -0.2) is 48.7 Å². The maximum Gasteiger partial charge on any atom is 0.325 e. The van der Waals surface area contributed by atoms with Crippen LogP contribution in [0.2, 0.25) is 0 Å². The van der Waals surface area contributed by atoms with Gasteiger partial charge in [0.05, 0.1) is 7.11 Å². The Balaban J connectivity index is 4.77. The molecule has 0 saturated carbocycles. The van der Waals surface area contributed by atoms with Gasteiger partial charge in [-0.05, 0) is 53.5 Å². The molecule has 0 aromatic heterocycles. The zero-order valence-electron chi connectivity index (χ0n) is 15.2. The van der Waals surface area contributed by atoms with Crippen LogP contribution in [0.15, 0.2) is 0 Å². The molecule has 0 heterocycles. The van der Waals surface area contributed by atoms with E-state index in [4.69, 9.17) is 4.74 Å². The van der Waals surface area contributed by atoms with Crippen LogP contribution in [0.1, 0.15) is 67.2 Å². The molecule has 0 amide bonds. The van der Waals surface area contributed by atoms with Crippen molar-refractivity contribution in [2.24, 2.45) is 0 Å². The Morgan fingerprint density at radius 1 is 1.24 bits per heavy atom. The highest BCUT2D eigenvalue weighted by atomic mass is 16.5. The lowest BCUT2D eigenvalue weighted by molar-refractivity contribution is -0.148. The van der Waals surface area contributed by atoms with Crippen molar-refractivity contribution in [3.63, 3.8) is 0 Å². The number of nitrogens with one attached hydrogen (secondary N) is 1. The van der Waals surface area contributed by atoms with E-state index in [1.54, 1.807) is 0 Å². The van der Waals surface area contributed by atoms with E-state index in [9.17, 15) is 4.79 Å². The Kier molecular flexibility index (Phi) is 9.88. The summed E-state index contributed by atoms with van der Waals surface area (Å²) in [6.45, 7) is 14.8. The predicted octanol–water partition coefficient (Wildman–Crippen LogP) is 3.21. The second-order valence-electron chi connectivity index (χ2n) is 6.52. The van der Waals surface area contributed by atoms with E-state index in [0.717, 1.165) is 25.9 Å². The smallest absolute Gasteiger partial charge is 0.325 e. The lowest BCUT2D eigenvalue weighted by Gasteiger charge is -2.35. The van der Waals surface area contributed by atoms with Gasteiger partial charge in [-0.2, -0.15) is 0 Å². The van der Waals surface area contributed by atoms with Gasteiger partial charge in [0.25, 0.3) is 0 Å². The molecule has 0 aromatic carbocycles. The summed E-state index contributed by atoms with van der Waals surface area (Å²) in [5.74, 6) is -0.171. The summed E-state index contributed by atoms with van der Waals surface area (Å²) in [4.78, 5) is 14.6. The highest BCUT2D eigenvalue weighted by Gasteiger charge is 2.35. The molecule has 0 aromatic rings. The molecule has 0 saturated heterocycles. The molecule has 0 bridgehead atoms. The van der Waals surface area contributed by atoms with Crippen LogP contribution in [0.5, 0.6) is 0 Å². The summed E-state index contributed by atoms with van der Waals surface area (Å²) in [5.41, 5.74) is -0.610. The molecule has 2 atom stereocenters. The average molecular weight is 300 g/mol. The summed E-state index contributed by atoms with van der Waals surface area (Å²) in [6.07, 6.45) is 4.31. The third-order valence-corrected chi connectivity index (χ3v) is 4.16. The Morgan fingerprint density at radius 2 is 1.86 bits per heavy atom. The predicted molar refractivity (Wildman–Crippen MR) is 89.5 cm³/mol. The second-order valence-corrected chi connectivity index (χ2v) is 6.52. The maximum absolute atomic E-state index is 12.1. The summed E-state index contributed by atoms with van der Waals surface area (Å²) in [7, 11) is 1.46. The largest absolute Gasteiger partial charge is 0.468 e. The van der Waals surface area contributed by atoms with Crippen LogP contribution in [0.25, 0.3) is 0 Å². The van der Waals surface area contributed by atoms with E-state index in [2.05, 4.69) is 44.8 Å². The van der Waals surface area contributed by atoms with E-state index in [1.807, 2.05) is 6.92 Å². The van der Waals surface area contributed by atoms with Gasteiger partial charge < -0.3 is 9.64 Å². The van der Waals surface area contributed by atoms with Crippen molar-refractivity contribution in [1.82, 2.24) is 10.2 Å². The van der Waals surface area contributed by atoms with Crippen molar-refractivity contribution in [3.05, 3.63) is 0 Å². The molecular weight excluding hydrogens is 264 g/mol. The molecule has 4 heteroatoms. The minimum atomic E-state index is -0.610. The SMILES string of the molecule is CCCCN(CCC(C)(NC(C)C)C(=O)OC)C(C)CC. The van der Waals surface area contributed by atoms with Gasteiger partial charge in [0.2, 0.25) is 0 Å². The van der Waals surface area contributed by atoms with Gasteiger partial charge in [0.15, 0.2) is 0 Å². The number of rotatable bonds is 11. The van der Waals surface area contributed by atoms with E-state index in [0.29, 0.717) is 6.04 Å². The first kappa shape index (κ1) is 20.4. The Morgan fingerprint density at radius 3 is 2.29 bits per heavy atom. The van der Waals surface area contributed by atoms with Gasteiger partial charge in [-0.1, -0.05) is 20.3 Å². The number of nitrogens with zero attached hydrogens (tertiary/aromatic N) is 1. The molecule has 0 spiro atoms. The van der Waals surface area contributed by atoms with E-state index >= 15 is 0 Å². The fourth-order valence-corrected chi connectivity index (χ4v) is 2.63. The highest BCUT2D eigenvalue weighted by molar-refractivity contribution is 5.80. The highest BCUT2D eigenvalue weighted by Crippen LogP contribution is 2.16. The maximum atomic E-state index is 12.1. The molecule has 0 aliphatic heterocycles. The third-order valence-electron chi connectivity index (χ3n) is 4.16. The number of hydrogen-bond donors (Lipinski definition) is 1. The number of carbonyl (C=O) groups excluding carboxylic acids is 1. The molecular formula is C17H36N2O2. The summed E-state index contributed by atoms with van der Waals surface area (Å²) in [5, 5.41) is 3.37. The fourth-order valence-electron chi connectivity index (χ4n) is 2.63. The van der Waals surface area contributed by atoms with E-state index < -0.39 is 5.54 Å². The first-order chi connectivity index (χ1) is 9.80. The first-order valence-electron chi connectivity index (χ1n) is 8.40. The quantitative estimate of drug-likeness (QED) is 0.595. The molecule has 21 heavy (non-hydrogen) atoms. The lowest BCUT2D eigenvalue weighted by Crippen LogP contribution is -2.54. The summed E-state index contributed by atoms with van der Waals surface area (Å²) >= 11 is 0. The number of hydrogen-bond acceptors (Lipinski definition) is 4. The molecule has 1 N–H and O–H groups in total. The van der Waals surface area contributed by atoms with Crippen LogP contribution < -0.4 is 5.32 Å². The van der Waals surface area contributed by atoms with Crippen LogP contribution in [0.4, 0.5) is 0 Å². The zero-order chi connectivity index (χ0) is 16.5. The van der Waals surface area contributed by atoms with Crippen LogP contribution >= 0.6 is 0 Å². The van der Waals surface area contributed by atoms with Gasteiger partial charge in [0, 0.05) is 18.6 Å². The molecule has 0 radical (unpaired) electrons. The number of ether oxygens (including phenoxy) is 1. The molecule has 0 rings (SSSR count). The fraction of sp³-hybridized carbons (Fsp3) is 0.941. The van der Waals surface area contributed by atoms with Crippen molar-refractivity contribution in [2.45, 2.75) is 84.8 Å². The van der Waals surface area contributed by atoms with Crippen LogP contribution in [-0.2, 0) is 9.53 Å². The third kappa shape index (κ3) is 7.28. The van der Waals surface area contributed by atoms with Gasteiger partial charge in [-0.25, -0.2) is 0 Å². The van der Waals surface area contributed by atoms with Crippen molar-refractivity contribution >= 4 is 5.97 Å². The van der Waals surface area contributed by atoms with Crippen LogP contribution in [0.3, 0.4) is 0 Å². The van der Waals surface area contributed by atoms with Gasteiger partial charge in [-0.15, -0.1) is 0 Å². The minimum Gasteiger partial charge on any atom is -0.468 e. The van der Waals surface area contributed by atoms with Gasteiger partial charge in [0.1, 0.15) is 5.54 Å². The van der Waals surface area contributed by atoms with Gasteiger partial charge in [-0.3, -0.25) is 10.1 Å². The molecule has 0 aliphatic carbocycles. The minimum absolute atomic E-state index is 0.171. The Bertz CT molecular complexity index is 295. The topological polar surface area (TPSA) is 41.6 Å². The monoisotopic (exact) mass is 300 g/mol. The molecule has 126 valence electrons. The van der Waals surface area contributed by atoms with Crippen molar-refractivity contribution in [1.29, 1.82) is 0 Å². The van der Waals surface area contributed by atoms with Gasteiger partial charge >= 0.3 is 5.97 Å². The number of unbranched alkanes of at least 4 members (excludes halogenated alkanes) is 1. The van der Waals surface area contributed by atoms with Crippen molar-refractivity contribution < 1.29 is 9.53 Å². The Labute approximate surface area is 131 Å². The number of carbonyl (C=O) groups is 1. The summed E-state index contributed by atoms with van der Waals surface area (Å²) in [6, 6.07) is 0.805. The van der Waals surface area contributed by atoms with Crippen molar-refractivity contribution in [2.75, 3.05) is 20.2 Å². The lowest BCUT2D eigenvalue weighted by atomic mass is 9.95. The molecule has 4 nitrogen and oxygen atoms in total. The molecule has 2 unspecified atom stereocenters.